The maximum absolute atomic E-state index is 14.3. The van der Waals surface area contributed by atoms with Gasteiger partial charge in [0.1, 0.15) is 16.5 Å². The van der Waals surface area contributed by atoms with Crippen molar-refractivity contribution in [3.63, 3.8) is 0 Å². The van der Waals surface area contributed by atoms with Crippen LogP contribution in [-0.4, -0.2) is 8.42 Å². The molecule has 3 aromatic rings. The molecule has 6 nitrogen and oxygen atoms in total. The number of nitriles is 1. The van der Waals surface area contributed by atoms with Gasteiger partial charge in [-0.2, -0.15) is 5.26 Å². The number of sulfonamides is 1. The topological polar surface area (TPSA) is 96.4 Å². The van der Waals surface area contributed by atoms with Crippen molar-refractivity contribution in [1.82, 2.24) is 0 Å². The lowest BCUT2D eigenvalue weighted by molar-refractivity contribution is 0.357. The van der Waals surface area contributed by atoms with Gasteiger partial charge in [-0.25, -0.2) is 8.42 Å². The van der Waals surface area contributed by atoms with Gasteiger partial charge in [-0.15, -0.1) is 0 Å². The zero-order valence-electron chi connectivity index (χ0n) is 19.5. The first-order chi connectivity index (χ1) is 16.8. The Kier molecular flexibility index (Phi) is 5.62. The van der Waals surface area contributed by atoms with E-state index in [0.29, 0.717) is 16.8 Å². The maximum atomic E-state index is 14.3. The molecule has 0 radical (unpaired) electrons. The van der Waals surface area contributed by atoms with Crippen molar-refractivity contribution in [2.24, 2.45) is 5.73 Å². The number of allylic oxidation sites excluding steroid dienone is 2. The summed E-state index contributed by atoms with van der Waals surface area (Å²) in [6, 6.07) is 24.7. The second kappa shape index (κ2) is 8.64. The Bertz CT molecular complexity index is 1530. The molecule has 1 atom stereocenters. The van der Waals surface area contributed by atoms with Crippen molar-refractivity contribution < 1.29 is 13.2 Å². The maximum Gasteiger partial charge on any atom is 0.265 e. The number of nitrogens with two attached hydrogens (primary N) is 1. The molecule has 176 valence electrons. The summed E-state index contributed by atoms with van der Waals surface area (Å²) in [6.45, 7) is 4.18. The summed E-state index contributed by atoms with van der Waals surface area (Å²) in [4.78, 5) is 0.0406. The van der Waals surface area contributed by atoms with Crippen LogP contribution in [0, 0.1) is 18.3 Å². The van der Waals surface area contributed by atoms with Gasteiger partial charge in [-0.1, -0.05) is 73.2 Å². The van der Waals surface area contributed by atoms with Gasteiger partial charge >= 0.3 is 0 Å². The molecule has 0 aliphatic carbocycles. The highest BCUT2D eigenvalue weighted by Crippen LogP contribution is 2.51. The van der Waals surface area contributed by atoms with Crippen LogP contribution in [0.1, 0.15) is 40.7 Å². The number of aryl methyl sites for hydroxylation is 2. The van der Waals surface area contributed by atoms with Crippen LogP contribution in [0.4, 0.5) is 5.69 Å². The lowest BCUT2D eigenvalue weighted by Gasteiger charge is -2.38. The van der Waals surface area contributed by atoms with Crippen molar-refractivity contribution in [3.05, 3.63) is 117 Å². The van der Waals surface area contributed by atoms with Gasteiger partial charge in [0.05, 0.1) is 18.2 Å². The van der Waals surface area contributed by atoms with E-state index in [2.05, 4.69) is 6.07 Å². The number of para-hydroxylation sites is 1. The van der Waals surface area contributed by atoms with Crippen LogP contribution in [0.15, 0.2) is 89.2 Å². The first kappa shape index (κ1) is 22.8. The Morgan fingerprint density at radius 2 is 1.77 bits per heavy atom. The lowest BCUT2D eigenvalue weighted by atomic mass is 9.87. The number of nitrogens with zero attached hydrogens (tertiary/aromatic N) is 2. The highest BCUT2D eigenvalue weighted by atomic mass is 32.2. The Morgan fingerprint density at radius 1 is 1.03 bits per heavy atom. The van der Waals surface area contributed by atoms with Crippen LogP contribution < -0.4 is 10.0 Å². The summed E-state index contributed by atoms with van der Waals surface area (Å²) in [7, 11) is -4.08. The van der Waals surface area contributed by atoms with Crippen LogP contribution in [0.5, 0.6) is 0 Å². The van der Waals surface area contributed by atoms with Gasteiger partial charge < -0.3 is 10.5 Å². The summed E-state index contributed by atoms with van der Waals surface area (Å²) in [5, 5.41) is 9.98. The van der Waals surface area contributed by atoms with Gasteiger partial charge in [0.2, 0.25) is 5.88 Å². The summed E-state index contributed by atoms with van der Waals surface area (Å²) < 4.78 is 35.9. The summed E-state index contributed by atoms with van der Waals surface area (Å²) in [5.74, 6) is -0.761. The molecule has 2 aliphatic heterocycles. The van der Waals surface area contributed by atoms with Crippen LogP contribution in [0.2, 0.25) is 0 Å². The van der Waals surface area contributed by atoms with Gasteiger partial charge in [0.15, 0.2) is 5.76 Å². The molecule has 0 saturated heterocycles. The summed E-state index contributed by atoms with van der Waals surface area (Å²) in [5.41, 5.74) is 11.1. The van der Waals surface area contributed by atoms with Crippen molar-refractivity contribution in [2.75, 3.05) is 4.31 Å². The van der Waals surface area contributed by atoms with Crippen molar-refractivity contribution in [1.29, 1.82) is 5.26 Å². The van der Waals surface area contributed by atoms with Gasteiger partial charge in [-0.3, -0.25) is 4.31 Å². The van der Waals surface area contributed by atoms with E-state index in [1.165, 1.54) is 4.31 Å². The van der Waals surface area contributed by atoms with Crippen molar-refractivity contribution >= 4 is 21.5 Å². The molecule has 3 aromatic carbocycles. The predicted octanol–water partition coefficient (Wildman–Crippen LogP) is 5.08. The number of hydrogen-bond donors (Lipinski definition) is 1. The van der Waals surface area contributed by atoms with Gasteiger partial charge in [0, 0.05) is 5.56 Å². The highest BCUT2D eigenvalue weighted by molar-refractivity contribution is 7.96. The highest BCUT2D eigenvalue weighted by Gasteiger charge is 2.47. The molecular formula is C28H25N3O3S. The Labute approximate surface area is 205 Å². The first-order valence-electron chi connectivity index (χ1n) is 11.4. The minimum Gasteiger partial charge on any atom is -0.439 e. The fourth-order valence-electron chi connectivity index (χ4n) is 4.73. The third kappa shape index (κ3) is 3.76. The van der Waals surface area contributed by atoms with Crippen LogP contribution in [-0.2, 0) is 27.7 Å². The standard InChI is InChI=1S/C28H25N3O3S/c1-3-19-11-13-21(14-12-19)25-23(16-29)28(30)34-26-22-9-4-5-10-24(22)31(35(32,33)27(25)26)17-20-8-6-7-18(2)15-20/h4-15,25H,3,17,30H2,1-2H3/t25-/m0/s1. The minimum absolute atomic E-state index is 0.0406. The minimum atomic E-state index is -4.08. The molecule has 0 bridgehead atoms. The number of ether oxygens (including phenoxy) is 1. The smallest absolute Gasteiger partial charge is 0.265 e. The van der Waals surface area contributed by atoms with Crippen LogP contribution >= 0.6 is 0 Å². The molecule has 7 heteroatoms. The number of rotatable bonds is 4. The average molecular weight is 484 g/mol. The van der Waals surface area contributed by atoms with Crippen LogP contribution in [0.25, 0.3) is 5.76 Å². The van der Waals surface area contributed by atoms with Gasteiger partial charge in [0.25, 0.3) is 10.0 Å². The van der Waals surface area contributed by atoms with E-state index in [1.807, 2.05) is 74.5 Å². The molecule has 2 N–H and O–H groups in total. The number of fused-ring (bicyclic) bond motifs is 2. The predicted molar refractivity (Wildman–Crippen MR) is 136 cm³/mol. The monoisotopic (exact) mass is 483 g/mol. The molecule has 35 heavy (non-hydrogen) atoms. The molecule has 0 fully saturated rings. The van der Waals surface area contributed by atoms with E-state index in [4.69, 9.17) is 10.5 Å². The molecule has 0 spiro atoms. The molecule has 2 aliphatic rings. The van der Waals surface area contributed by atoms with E-state index in [9.17, 15) is 13.7 Å². The number of benzene rings is 3. The Morgan fingerprint density at radius 3 is 2.46 bits per heavy atom. The number of anilines is 1. The molecule has 0 aromatic heterocycles. The third-order valence-corrected chi connectivity index (χ3v) is 8.37. The van der Waals surface area contributed by atoms with E-state index < -0.39 is 15.9 Å². The van der Waals surface area contributed by atoms with Crippen LogP contribution in [0.3, 0.4) is 0 Å². The summed E-state index contributed by atoms with van der Waals surface area (Å²) in [6.07, 6.45) is 0.848. The van der Waals surface area contributed by atoms with Crippen molar-refractivity contribution in [2.45, 2.75) is 32.7 Å². The molecular weight excluding hydrogens is 458 g/mol. The number of hydrogen-bond acceptors (Lipinski definition) is 5. The first-order valence-corrected chi connectivity index (χ1v) is 12.9. The fraction of sp³-hybridized carbons (Fsp3) is 0.179. The summed E-state index contributed by atoms with van der Waals surface area (Å²) >= 11 is 0. The van der Waals surface area contributed by atoms with E-state index in [-0.39, 0.29) is 28.7 Å². The zero-order chi connectivity index (χ0) is 24.7. The van der Waals surface area contributed by atoms with Crippen molar-refractivity contribution in [3.8, 4) is 6.07 Å². The van der Waals surface area contributed by atoms with E-state index in [1.54, 1.807) is 12.1 Å². The quantitative estimate of drug-likeness (QED) is 0.558. The largest absolute Gasteiger partial charge is 0.439 e. The van der Waals surface area contributed by atoms with E-state index in [0.717, 1.165) is 23.1 Å². The third-order valence-electron chi connectivity index (χ3n) is 6.49. The molecule has 0 saturated carbocycles. The normalized spacial score (nSPS) is 18.4. The second-order valence-corrected chi connectivity index (χ2v) is 10.6. The molecule has 5 rings (SSSR count). The Balaban J connectivity index is 1.74. The molecule has 0 unspecified atom stereocenters. The SMILES string of the molecule is CCc1ccc([C@H]2C(C#N)=C(N)OC3=C2S(=O)(=O)N(Cc2cccc(C)c2)c2ccccc23)cc1. The zero-order valence-corrected chi connectivity index (χ0v) is 20.3. The lowest BCUT2D eigenvalue weighted by Crippen LogP contribution is -2.39. The fourth-order valence-corrected chi connectivity index (χ4v) is 6.65. The van der Waals surface area contributed by atoms with Gasteiger partial charge in [-0.05, 0) is 42.2 Å². The molecule has 0 amide bonds. The molecule has 2 heterocycles. The average Bonchev–Trinajstić information content (AvgIpc) is 2.86. The Hall–Kier alpha value is -4.02. The second-order valence-electron chi connectivity index (χ2n) is 8.73. The van der Waals surface area contributed by atoms with E-state index >= 15 is 0 Å².